The number of nitrogens with zero attached hydrogens (tertiary/aromatic N) is 1. The highest BCUT2D eigenvalue weighted by Crippen LogP contribution is 2.21. The summed E-state index contributed by atoms with van der Waals surface area (Å²) < 4.78 is 0. The van der Waals surface area contributed by atoms with E-state index in [4.69, 9.17) is 0 Å². The van der Waals surface area contributed by atoms with E-state index in [9.17, 15) is 4.79 Å². The van der Waals surface area contributed by atoms with Crippen molar-refractivity contribution in [2.24, 2.45) is 0 Å². The minimum atomic E-state index is 0.701. The minimum absolute atomic E-state index is 0.701. The lowest BCUT2D eigenvalue weighted by atomic mass is 10.1. The fourth-order valence-corrected chi connectivity index (χ4v) is 1.66. The van der Waals surface area contributed by atoms with Gasteiger partial charge in [0.1, 0.15) is 6.29 Å². The molecular formula is C14H17NO. The smallest absolute Gasteiger partial charge is 0.150 e. The Labute approximate surface area is 96.9 Å². The number of benzene rings is 1. The Morgan fingerprint density at radius 3 is 2.62 bits per heavy atom. The van der Waals surface area contributed by atoms with Crippen LogP contribution in [-0.2, 0) is 6.42 Å². The zero-order chi connectivity index (χ0) is 12.0. The maximum absolute atomic E-state index is 10.7. The highest BCUT2D eigenvalue weighted by molar-refractivity contribution is 5.77. The molecule has 2 nitrogen and oxygen atoms in total. The Morgan fingerprint density at radius 1 is 1.31 bits per heavy atom. The molecule has 1 aromatic rings. The molecule has 0 aliphatic heterocycles. The molecule has 0 aliphatic rings. The maximum atomic E-state index is 10.7. The van der Waals surface area contributed by atoms with Crippen LogP contribution in [0.5, 0.6) is 0 Å². The third-order valence-corrected chi connectivity index (χ3v) is 2.42. The van der Waals surface area contributed by atoms with Crippen molar-refractivity contribution in [1.29, 1.82) is 0 Å². The van der Waals surface area contributed by atoms with Gasteiger partial charge in [0.05, 0.1) is 0 Å². The topological polar surface area (TPSA) is 20.3 Å². The summed E-state index contributed by atoms with van der Waals surface area (Å²) in [5.41, 5.74) is 2.93. The maximum Gasteiger partial charge on any atom is 0.150 e. The molecule has 0 saturated heterocycles. The Kier molecular flexibility index (Phi) is 4.52. The molecule has 0 aromatic heterocycles. The van der Waals surface area contributed by atoms with E-state index in [-0.39, 0.29) is 0 Å². The van der Waals surface area contributed by atoms with Crippen LogP contribution in [0.3, 0.4) is 0 Å². The second-order valence-electron chi connectivity index (χ2n) is 3.67. The van der Waals surface area contributed by atoms with Crippen molar-refractivity contribution in [1.82, 2.24) is 0 Å². The monoisotopic (exact) mass is 215 g/mol. The van der Waals surface area contributed by atoms with E-state index in [2.05, 4.69) is 18.1 Å². The van der Waals surface area contributed by atoms with E-state index in [0.29, 0.717) is 5.56 Å². The summed E-state index contributed by atoms with van der Waals surface area (Å²) in [5.74, 6) is 0. The number of aldehydes is 1. The number of allylic oxidation sites excluding steroid dienone is 1. The van der Waals surface area contributed by atoms with Gasteiger partial charge < -0.3 is 4.90 Å². The fourth-order valence-electron chi connectivity index (χ4n) is 1.66. The van der Waals surface area contributed by atoms with Crippen molar-refractivity contribution in [3.8, 4) is 0 Å². The van der Waals surface area contributed by atoms with Crippen molar-refractivity contribution in [2.75, 3.05) is 18.5 Å². The van der Waals surface area contributed by atoms with Crippen LogP contribution in [0.1, 0.15) is 15.9 Å². The van der Waals surface area contributed by atoms with Crippen LogP contribution in [0.4, 0.5) is 5.69 Å². The second kappa shape index (κ2) is 5.91. The van der Waals surface area contributed by atoms with Crippen molar-refractivity contribution in [3.63, 3.8) is 0 Å². The molecule has 16 heavy (non-hydrogen) atoms. The summed E-state index contributed by atoms with van der Waals surface area (Å²) in [6.07, 6.45) is 5.32. The largest absolute Gasteiger partial charge is 0.371 e. The minimum Gasteiger partial charge on any atom is -0.371 e. The molecule has 0 atom stereocenters. The summed E-state index contributed by atoms with van der Waals surface area (Å²) in [6.45, 7) is 8.23. The number of carbonyl (C=O) groups is 1. The SMILES string of the molecule is C=CCc1cc(C=O)ccc1N(C)CC=C. The molecule has 0 saturated carbocycles. The molecule has 0 bridgehead atoms. The molecule has 0 spiro atoms. The summed E-state index contributed by atoms with van der Waals surface area (Å²) in [7, 11) is 2.00. The summed E-state index contributed by atoms with van der Waals surface area (Å²) in [4.78, 5) is 12.8. The number of rotatable bonds is 6. The third-order valence-electron chi connectivity index (χ3n) is 2.42. The first-order chi connectivity index (χ1) is 7.72. The highest BCUT2D eigenvalue weighted by Gasteiger charge is 2.06. The zero-order valence-corrected chi connectivity index (χ0v) is 9.65. The van der Waals surface area contributed by atoms with Crippen molar-refractivity contribution in [2.45, 2.75) is 6.42 Å². The van der Waals surface area contributed by atoms with Gasteiger partial charge in [-0.2, -0.15) is 0 Å². The first-order valence-corrected chi connectivity index (χ1v) is 5.24. The van der Waals surface area contributed by atoms with E-state index >= 15 is 0 Å². The molecular weight excluding hydrogens is 198 g/mol. The molecule has 1 aromatic carbocycles. The number of likely N-dealkylation sites (N-methyl/N-ethyl adjacent to an activating group) is 1. The van der Waals surface area contributed by atoms with Crippen LogP contribution < -0.4 is 4.90 Å². The molecule has 0 fully saturated rings. The molecule has 2 heteroatoms. The standard InChI is InChI=1S/C14H17NO/c1-4-6-13-10-12(11-16)7-8-14(13)15(3)9-5-2/h4-5,7-8,10-11H,1-2,6,9H2,3H3. The van der Waals surface area contributed by atoms with Gasteiger partial charge in [0.25, 0.3) is 0 Å². The molecule has 0 unspecified atom stereocenters. The number of hydrogen-bond acceptors (Lipinski definition) is 2. The van der Waals surface area contributed by atoms with E-state index in [0.717, 1.165) is 30.5 Å². The lowest BCUT2D eigenvalue weighted by Gasteiger charge is -2.20. The normalized spacial score (nSPS) is 9.56. The first kappa shape index (κ1) is 12.2. The van der Waals surface area contributed by atoms with Gasteiger partial charge in [-0.15, -0.1) is 13.2 Å². The second-order valence-corrected chi connectivity index (χ2v) is 3.67. The lowest BCUT2D eigenvalue weighted by Crippen LogP contribution is -2.18. The van der Waals surface area contributed by atoms with Crippen molar-refractivity contribution < 1.29 is 4.79 Å². The van der Waals surface area contributed by atoms with Crippen molar-refractivity contribution in [3.05, 3.63) is 54.6 Å². The van der Waals surface area contributed by atoms with Crippen LogP contribution in [0.2, 0.25) is 0 Å². The van der Waals surface area contributed by atoms with Gasteiger partial charge >= 0.3 is 0 Å². The molecule has 84 valence electrons. The Balaban J connectivity index is 3.10. The average Bonchev–Trinajstić information content (AvgIpc) is 2.29. The first-order valence-electron chi connectivity index (χ1n) is 5.24. The molecule has 0 N–H and O–H groups in total. The third kappa shape index (κ3) is 2.83. The van der Waals surface area contributed by atoms with E-state index in [1.165, 1.54) is 0 Å². The molecule has 0 amide bonds. The predicted molar refractivity (Wildman–Crippen MR) is 69.2 cm³/mol. The number of carbonyl (C=O) groups excluding carboxylic acids is 1. The van der Waals surface area contributed by atoms with Gasteiger partial charge in [0, 0.05) is 24.8 Å². The Morgan fingerprint density at radius 2 is 2.06 bits per heavy atom. The summed E-state index contributed by atoms with van der Waals surface area (Å²) in [5, 5.41) is 0. The Hall–Kier alpha value is -1.83. The number of hydrogen-bond donors (Lipinski definition) is 0. The van der Waals surface area contributed by atoms with E-state index < -0.39 is 0 Å². The lowest BCUT2D eigenvalue weighted by molar-refractivity contribution is 0.112. The Bertz CT molecular complexity index is 396. The van der Waals surface area contributed by atoms with Crippen LogP contribution >= 0.6 is 0 Å². The van der Waals surface area contributed by atoms with Gasteiger partial charge in [0.2, 0.25) is 0 Å². The predicted octanol–water partition coefficient (Wildman–Crippen LogP) is 2.85. The van der Waals surface area contributed by atoms with Gasteiger partial charge in [-0.25, -0.2) is 0 Å². The van der Waals surface area contributed by atoms with Gasteiger partial charge in [-0.05, 0) is 30.2 Å². The highest BCUT2D eigenvalue weighted by atomic mass is 16.1. The summed E-state index contributed by atoms with van der Waals surface area (Å²) in [6, 6.07) is 5.70. The average molecular weight is 215 g/mol. The quantitative estimate of drug-likeness (QED) is 0.537. The summed E-state index contributed by atoms with van der Waals surface area (Å²) >= 11 is 0. The van der Waals surface area contributed by atoms with Crippen LogP contribution in [0.25, 0.3) is 0 Å². The van der Waals surface area contributed by atoms with Crippen LogP contribution in [0, 0.1) is 0 Å². The van der Waals surface area contributed by atoms with E-state index in [1.54, 1.807) is 0 Å². The zero-order valence-electron chi connectivity index (χ0n) is 9.65. The van der Waals surface area contributed by atoms with Crippen LogP contribution in [0.15, 0.2) is 43.5 Å². The van der Waals surface area contributed by atoms with E-state index in [1.807, 2.05) is 37.4 Å². The van der Waals surface area contributed by atoms with Crippen molar-refractivity contribution >= 4 is 12.0 Å². The van der Waals surface area contributed by atoms with Gasteiger partial charge in [-0.1, -0.05) is 12.2 Å². The molecule has 0 heterocycles. The fraction of sp³-hybridized carbons (Fsp3) is 0.214. The van der Waals surface area contributed by atoms with Crippen LogP contribution in [-0.4, -0.2) is 19.9 Å². The number of anilines is 1. The molecule has 1 rings (SSSR count). The van der Waals surface area contributed by atoms with Gasteiger partial charge in [-0.3, -0.25) is 4.79 Å². The van der Waals surface area contributed by atoms with Gasteiger partial charge in [0.15, 0.2) is 0 Å². The molecule has 0 aliphatic carbocycles. The molecule has 0 radical (unpaired) electrons.